The molecule has 3 rings (SSSR count). The molecule has 33 heavy (non-hydrogen) atoms. The first-order valence-corrected chi connectivity index (χ1v) is 10.7. The maximum Gasteiger partial charge on any atom is 0.338 e. The molecule has 6 nitrogen and oxygen atoms in total. The molecule has 0 atom stereocenters. The Morgan fingerprint density at radius 3 is 2.30 bits per heavy atom. The third kappa shape index (κ3) is 8.60. The molecule has 0 fully saturated rings. The number of benzene rings is 3. The Balaban J connectivity index is 0.00000385. The average Bonchev–Trinajstić information content (AvgIpc) is 2.82. The first-order chi connectivity index (χ1) is 15.7. The lowest BCUT2D eigenvalue weighted by molar-refractivity contribution is -0.118. The molecule has 0 aromatic heterocycles. The molecule has 7 heteroatoms. The van der Waals surface area contributed by atoms with Crippen LogP contribution in [0.5, 0.6) is 5.75 Å². The van der Waals surface area contributed by atoms with Crippen molar-refractivity contribution in [3.8, 4) is 5.75 Å². The third-order valence-corrected chi connectivity index (χ3v) is 4.76. The third-order valence-electron chi connectivity index (χ3n) is 4.76. The highest BCUT2D eigenvalue weighted by atomic mass is 35.5. The SMILES string of the molecule is CCOC(=O)c1ccc(NC(=O)COc2ccccc2CNCCc2ccccc2)cc1.[Cl-]. The normalized spacial score (nSPS) is 10.1. The van der Waals surface area contributed by atoms with E-state index in [1.54, 1.807) is 31.2 Å². The van der Waals surface area contributed by atoms with Gasteiger partial charge in [-0.1, -0.05) is 48.5 Å². The Morgan fingerprint density at radius 1 is 0.879 bits per heavy atom. The second-order valence-corrected chi connectivity index (χ2v) is 7.15. The number of ether oxygens (including phenoxy) is 2. The molecule has 0 aliphatic carbocycles. The Kier molecular flexibility index (Phi) is 10.9. The van der Waals surface area contributed by atoms with Crippen molar-refractivity contribution in [3.05, 3.63) is 95.6 Å². The van der Waals surface area contributed by atoms with Gasteiger partial charge in [-0.15, -0.1) is 0 Å². The standard InChI is InChI=1S/C26H28N2O4.ClH/c1-2-31-26(30)21-12-14-23(15-13-21)28-25(29)19-32-24-11-7-6-10-22(24)18-27-17-16-20-8-4-3-5-9-20;/h3-15,27H,2,16-19H2,1H3,(H,28,29);1H/p-1. The molecular formula is C26H28ClN2O4-. The molecule has 0 saturated carbocycles. The summed E-state index contributed by atoms with van der Waals surface area (Å²) in [6, 6.07) is 24.5. The zero-order valence-corrected chi connectivity index (χ0v) is 19.3. The van der Waals surface area contributed by atoms with Crippen LogP contribution in [0.25, 0.3) is 0 Å². The fraction of sp³-hybridized carbons (Fsp3) is 0.231. The van der Waals surface area contributed by atoms with Crippen LogP contribution in [0.15, 0.2) is 78.9 Å². The minimum absolute atomic E-state index is 0. The molecule has 0 aliphatic rings. The quantitative estimate of drug-likeness (QED) is 0.327. The fourth-order valence-electron chi connectivity index (χ4n) is 3.14. The average molecular weight is 468 g/mol. The maximum atomic E-state index is 12.3. The van der Waals surface area contributed by atoms with Gasteiger partial charge in [0.05, 0.1) is 12.2 Å². The molecule has 1 amide bonds. The summed E-state index contributed by atoms with van der Waals surface area (Å²) in [7, 11) is 0. The highest BCUT2D eigenvalue weighted by Gasteiger charge is 2.09. The highest BCUT2D eigenvalue weighted by Crippen LogP contribution is 2.18. The summed E-state index contributed by atoms with van der Waals surface area (Å²) in [4.78, 5) is 24.0. The van der Waals surface area contributed by atoms with E-state index < -0.39 is 0 Å². The molecule has 3 aromatic carbocycles. The number of nitrogens with one attached hydrogen (secondary N) is 2. The van der Waals surface area contributed by atoms with Crippen LogP contribution >= 0.6 is 0 Å². The number of rotatable bonds is 11. The van der Waals surface area contributed by atoms with E-state index in [1.807, 2.05) is 42.5 Å². The lowest BCUT2D eigenvalue weighted by atomic mass is 10.1. The number of hydrogen-bond acceptors (Lipinski definition) is 5. The molecule has 0 radical (unpaired) electrons. The van der Waals surface area contributed by atoms with Gasteiger partial charge in [-0.25, -0.2) is 4.79 Å². The van der Waals surface area contributed by atoms with E-state index in [1.165, 1.54) is 5.56 Å². The Hall–Kier alpha value is -3.35. The molecule has 0 unspecified atom stereocenters. The van der Waals surface area contributed by atoms with Gasteiger partial charge in [0, 0.05) is 17.8 Å². The summed E-state index contributed by atoms with van der Waals surface area (Å²) in [6.07, 6.45) is 0.946. The van der Waals surface area contributed by atoms with Gasteiger partial charge >= 0.3 is 5.97 Å². The maximum absolute atomic E-state index is 12.3. The summed E-state index contributed by atoms with van der Waals surface area (Å²) in [5.41, 5.74) is 3.31. The van der Waals surface area contributed by atoms with Crippen LogP contribution in [0.3, 0.4) is 0 Å². The summed E-state index contributed by atoms with van der Waals surface area (Å²) >= 11 is 0. The van der Waals surface area contributed by atoms with Gasteiger partial charge in [0.1, 0.15) is 5.75 Å². The molecule has 0 aliphatic heterocycles. The van der Waals surface area contributed by atoms with Crippen LogP contribution in [-0.4, -0.2) is 31.6 Å². The predicted octanol–water partition coefficient (Wildman–Crippen LogP) is 1.22. The summed E-state index contributed by atoms with van der Waals surface area (Å²) in [5.74, 6) is 0.0101. The van der Waals surface area contributed by atoms with Crippen LogP contribution in [0.1, 0.15) is 28.4 Å². The number of esters is 1. The van der Waals surface area contributed by atoms with Crippen LogP contribution in [0, 0.1) is 0 Å². The fourth-order valence-corrected chi connectivity index (χ4v) is 3.14. The van der Waals surface area contributed by atoms with Crippen molar-refractivity contribution >= 4 is 17.6 Å². The smallest absolute Gasteiger partial charge is 0.338 e. The van der Waals surface area contributed by atoms with E-state index in [9.17, 15) is 9.59 Å². The van der Waals surface area contributed by atoms with Gasteiger partial charge in [0.2, 0.25) is 0 Å². The second kappa shape index (κ2) is 13.9. The van der Waals surface area contributed by atoms with Crippen LogP contribution in [-0.2, 0) is 22.5 Å². The first kappa shape index (κ1) is 25.9. The molecule has 3 aromatic rings. The zero-order valence-electron chi connectivity index (χ0n) is 18.6. The van der Waals surface area contributed by atoms with Gasteiger partial charge < -0.3 is 32.5 Å². The van der Waals surface area contributed by atoms with Gasteiger partial charge in [-0.05, 0) is 55.8 Å². The van der Waals surface area contributed by atoms with Crippen molar-refractivity contribution in [2.45, 2.75) is 19.9 Å². The van der Waals surface area contributed by atoms with Crippen LogP contribution < -0.4 is 27.8 Å². The van der Waals surface area contributed by atoms with Gasteiger partial charge in [0.15, 0.2) is 6.61 Å². The largest absolute Gasteiger partial charge is 1.00 e. The van der Waals surface area contributed by atoms with E-state index in [0.717, 1.165) is 18.5 Å². The van der Waals surface area contributed by atoms with Gasteiger partial charge in [0.25, 0.3) is 5.91 Å². The lowest BCUT2D eigenvalue weighted by Gasteiger charge is -2.12. The Bertz CT molecular complexity index is 1010. The van der Waals surface area contributed by atoms with E-state index in [2.05, 4.69) is 22.8 Å². The molecule has 2 N–H and O–H groups in total. The van der Waals surface area contributed by atoms with Crippen molar-refractivity contribution in [2.75, 3.05) is 25.1 Å². The summed E-state index contributed by atoms with van der Waals surface area (Å²) < 4.78 is 10.7. The molecule has 0 saturated heterocycles. The highest BCUT2D eigenvalue weighted by molar-refractivity contribution is 5.93. The first-order valence-electron chi connectivity index (χ1n) is 10.7. The minimum Gasteiger partial charge on any atom is -1.00 e. The van der Waals surface area contributed by atoms with E-state index in [-0.39, 0.29) is 30.9 Å². The molecular weight excluding hydrogens is 440 g/mol. The van der Waals surface area contributed by atoms with Crippen molar-refractivity contribution in [1.82, 2.24) is 5.32 Å². The molecule has 0 bridgehead atoms. The zero-order chi connectivity index (χ0) is 22.6. The minimum atomic E-state index is -0.386. The molecule has 0 spiro atoms. The molecule has 174 valence electrons. The van der Waals surface area contributed by atoms with E-state index in [0.29, 0.717) is 30.2 Å². The number of halogens is 1. The lowest BCUT2D eigenvalue weighted by Crippen LogP contribution is -3.00. The van der Waals surface area contributed by atoms with Crippen LogP contribution in [0.2, 0.25) is 0 Å². The topological polar surface area (TPSA) is 76.7 Å². The van der Waals surface area contributed by atoms with E-state index >= 15 is 0 Å². The number of anilines is 1. The number of amides is 1. The number of carbonyl (C=O) groups excluding carboxylic acids is 2. The van der Waals surface area contributed by atoms with Gasteiger partial charge in [-0.2, -0.15) is 0 Å². The second-order valence-electron chi connectivity index (χ2n) is 7.15. The van der Waals surface area contributed by atoms with Gasteiger partial charge in [-0.3, -0.25) is 4.79 Å². The number of hydrogen-bond donors (Lipinski definition) is 2. The Morgan fingerprint density at radius 2 is 1.58 bits per heavy atom. The van der Waals surface area contributed by atoms with Crippen LogP contribution in [0.4, 0.5) is 5.69 Å². The van der Waals surface area contributed by atoms with Crippen molar-refractivity contribution in [3.63, 3.8) is 0 Å². The number of para-hydroxylation sites is 1. The Labute approximate surface area is 200 Å². The predicted molar refractivity (Wildman–Crippen MR) is 125 cm³/mol. The molecule has 0 heterocycles. The number of carbonyl (C=O) groups is 2. The summed E-state index contributed by atoms with van der Waals surface area (Å²) in [6.45, 7) is 3.46. The van der Waals surface area contributed by atoms with E-state index in [4.69, 9.17) is 9.47 Å². The van der Waals surface area contributed by atoms with Crippen molar-refractivity contribution in [1.29, 1.82) is 0 Å². The monoisotopic (exact) mass is 467 g/mol. The summed E-state index contributed by atoms with van der Waals surface area (Å²) in [5, 5.41) is 6.19. The van der Waals surface area contributed by atoms with Crippen molar-refractivity contribution < 1.29 is 31.5 Å². The van der Waals surface area contributed by atoms with Crippen molar-refractivity contribution in [2.24, 2.45) is 0 Å².